The number of carbonyl (C=O) groups is 1. The SMILES string of the molecule is CC(C)C(=O)OC(C)(C)C.CC(C)NS(=O)(=O)N(C)C.CC(C)n1ncc(-c2ccccc2)c(-c2ccccc2)c1=O. The van der Waals surface area contributed by atoms with Gasteiger partial charge in [0.15, 0.2) is 0 Å². The lowest BCUT2D eigenvalue weighted by molar-refractivity contribution is -0.158. The number of benzene rings is 2. The van der Waals surface area contributed by atoms with Gasteiger partial charge in [-0.05, 0) is 59.6 Å². The summed E-state index contributed by atoms with van der Waals surface area (Å²) < 4.78 is 32.1. The highest BCUT2D eigenvalue weighted by molar-refractivity contribution is 7.87. The number of hydrogen-bond acceptors (Lipinski definition) is 6. The summed E-state index contributed by atoms with van der Waals surface area (Å²) in [4.78, 5) is 23.8. The van der Waals surface area contributed by atoms with Crippen LogP contribution in [0.15, 0.2) is 71.7 Å². The van der Waals surface area contributed by atoms with Crippen LogP contribution in [0.25, 0.3) is 22.3 Å². The molecule has 9 nitrogen and oxygen atoms in total. The topological polar surface area (TPSA) is 111 Å². The molecule has 0 aliphatic carbocycles. The molecule has 0 unspecified atom stereocenters. The van der Waals surface area contributed by atoms with Crippen molar-refractivity contribution < 1.29 is 17.9 Å². The van der Waals surface area contributed by atoms with E-state index in [0.29, 0.717) is 5.56 Å². The third kappa shape index (κ3) is 12.3. The molecule has 0 aliphatic rings. The van der Waals surface area contributed by atoms with E-state index in [4.69, 9.17) is 4.74 Å². The minimum Gasteiger partial charge on any atom is -0.460 e. The van der Waals surface area contributed by atoms with Crippen LogP contribution in [0.5, 0.6) is 0 Å². The second-order valence-electron chi connectivity index (χ2n) is 11.8. The zero-order valence-corrected chi connectivity index (χ0v) is 27.7. The fourth-order valence-corrected chi connectivity index (χ4v) is 4.18. The summed E-state index contributed by atoms with van der Waals surface area (Å²) in [5.41, 5.74) is 3.10. The van der Waals surface area contributed by atoms with Crippen molar-refractivity contribution in [2.45, 2.75) is 80.0 Å². The predicted molar refractivity (Wildman–Crippen MR) is 171 cm³/mol. The summed E-state index contributed by atoms with van der Waals surface area (Å²) in [6.45, 7) is 16.7. The Labute approximate surface area is 252 Å². The molecule has 1 aromatic heterocycles. The number of ether oxygens (including phenoxy) is 1. The van der Waals surface area contributed by atoms with Crippen LogP contribution in [0, 0.1) is 5.92 Å². The molecule has 1 heterocycles. The van der Waals surface area contributed by atoms with Gasteiger partial charge < -0.3 is 4.74 Å². The van der Waals surface area contributed by atoms with E-state index >= 15 is 0 Å². The Balaban J connectivity index is 0.000000370. The molecule has 3 aromatic rings. The molecule has 0 saturated carbocycles. The van der Waals surface area contributed by atoms with Crippen molar-refractivity contribution in [2.75, 3.05) is 14.1 Å². The van der Waals surface area contributed by atoms with E-state index in [-0.39, 0.29) is 35.1 Å². The summed E-state index contributed by atoms with van der Waals surface area (Å²) in [5, 5.41) is 4.34. The molecular weight excluding hydrogens is 552 g/mol. The first kappa shape index (κ1) is 36.7. The van der Waals surface area contributed by atoms with Gasteiger partial charge in [0.05, 0.1) is 23.7 Å². The second kappa shape index (κ2) is 16.3. The summed E-state index contributed by atoms with van der Waals surface area (Å²) >= 11 is 0. The van der Waals surface area contributed by atoms with Gasteiger partial charge in [-0.25, -0.2) is 4.68 Å². The monoisotopic (exact) mass is 600 g/mol. The average molecular weight is 601 g/mol. The fourth-order valence-electron chi connectivity index (χ4n) is 3.38. The van der Waals surface area contributed by atoms with Crippen LogP contribution in [0.1, 0.15) is 68.4 Å². The number of carbonyl (C=O) groups excluding carboxylic acids is 1. The minimum atomic E-state index is -3.21. The van der Waals surface area contributed by atoms with E-state index in [1.165, 1.54) is 18.8 Å². The molecule has 1 N–H and O–H groups in total. The lowest BCUT2D eigenvalue weighted by Gasteiger charge is -2.20. The second-order valence-corrected chi connectivity index (χ2v) is 13.7. The summed E-state index contributed by atoms with van der Waals surface area (Å²) in [7, 11) is -0.233. The smallest absolute Gasteiger partial charge is 0.308 e. The van der Waals surface area contributed by atoms with E-state index < -0.39 is 10.2 Å². The summed E-state index contributed by atoms with van der Waals surface area (Å²) in [5.74, 6) is -0.160. The Morgan fingerprint density at radius 1 is 0.881 bits per heavy atom. The zero-order valence-electron chi connectivity index (χ0n) is 26.9. The highest BCUT2D eigenvalue weighted by Crippen LogP contribution is 2.28. The first-order chi connectivity index (χ1) is 19.4. The molecule has 42 heavy (non-hydrogen) atoms. The predicted octanol–water partition coefficient (Wildman–Crippen LogP) is 5.93. The Bertz CT molecular complexity index is 1410. The number of nitrogens with zero attached hydrogens (tertiary/aromatic N) is 3. The number of hydrogen-bond donors (Lipinski definition) is 1. The number of aromatic nitrogens is 2. The van der Waals surface area contributed by atoms with Gasteiger partial charge >= 0.3 is 5.97 Å². The van der Waals surface area contributed by atoms with Gasteiger partial charge in [-0.15, -0.1) is 0 Å². The van der Waals surface area contributed by atoms with E-state index in [1.807, 2.05) is 109 Å². The Morgan fingerprint density at radius 2 is 1.36 bits per heavy atom. The van der Waals surface area contributed by atoms with Gasteiger partial charge in [-0.2, -0.15) is 22.5 Å². The molecule has 0 spiro atoms. The maximum absolute atomic E-state index is 12.9. The number of rotatable bonds is 7. The van der Waals surface area contributed by atoms with Crippen molar-refractivity contribution in [3.05, 3.63) is 77.2 Å². The van der Waals surface area contributed by atoms with Gasteiger partial charge in [0.2, 0.25) is 0 Å². The van der Waals surface area contributed by atoms with Crippen molar-refractivity contribution in [1.29, 1.82) is 0 Å². The van der Waals surface area contributed by atoms with E-state index in [9.17, 15) is 18.0 Å². The molecule has 0 saturated heterocycles. The Hall–Kier alpha value is -3.34. The van der Waals surface area contributed by atoms with Crippen molar-refractivity contribution in [2.24, 2.45) is 5.92 Å². The van der Waals surface area contributed by atoms with Gasteiger partial charge in [-0.3, -0.25) is 9.59 Å². The zero-order chi connectivity index (χ0) is 32.3. The van der Waals surface area contributed by atoms with Crippen LogP contribution in [-0.4, -0.2) is 54.2 Å². The maximum atomic E-state index is 12.9. The lowest BCUT2D eigenvalue weighted by Crippen LogP contribution is -2.39. The van der Waals surface area contributed by atoms with Gasteiger partial charge in [0, 0.05) is 25.7 Å². The molecule has 3 rings (SSSR count). The van der Waals surface area contributed by atoms with E-state index in [2.05, 4.69) is 9.82 Å². The standard InChI is InChI=1S/C19H18N2O.C8H16O2.C5H14N2O2S/c1-14(2)21-19(22)18(16-11-7-4-8-12-16)17(13-20-21)15-9-5-3-6-10-15;1-6(2)7(9)10-8(3,4)5;1-5(2)6-10(8,9)7(3)4/h3-14H,1-2H3;6H,1-5H3;5-6H,1-4H3. The van der Waals surface area contributed by atoms with Crippen LogP contribution in [0.2, 0.25) is 0 Å². The first-order valence-corrected chi connectivity index (χ1v) is 15.5. The Kier molecular flexibility index (Phi) is 14.3. The van der Waals surface area contributed by atoms with Crippen molar-refractivity contribution in [3.8, 4) is 22.3 Å². The molecule has 0 atom stereocenters. The first-order valence-electron chi connectivity index (χ1n) is 14.0. The lowest BCUT2D eigenvalue weighted by atomic mass is 9.97. The van der Waals surface area contributed by atoms with E-state index in [0.717, 1.165) is 21.0 Å². The van der Waals surface area contributed by atoms with Crippen LogP contribution >= 0.6 is 0 Å². The quantitative estimate of drug-likeness (QED) is 0.337. The molecule has 0 aliphatic heterocycles. The molecular formula is C32H48N4O5S. The fraction of sp³-hybridized carbons (Fsp3) is 0.469. The van der Waals surface area contributed by atoms with Gasteiger partial charge in [0.1, 0.15) is 5.60 Å². The number of nitrogens with one attached hydrogen (secondary N) is 1. The summed E-state index contributed by atoms with van der Waals surface area (Å²) in [6.07, 6.45) is 1.79. The van der Waals surface area contributed by atoms with E-state index in [1.54, 1.807) is 20.0 Å². The largest absolute Gasteiger partial charge is 0.460 e. The normalized spacial score (nSPS) is 11.6. The third-order valence-corrected chi connectivity index (χ3v) is 7.11. The van der Waals surface area contributed by atoms with Crippen molar-refractivity contribution in [3.63, 3.8) is 0 Å². The minimum absolute atomic E-state index is 0.0276. The Morgan fingerprint density at radius 3 is 1.69 bits per heavy atom. The molecule has 232 valence electrons. The van der Waals surface area contributed by atoms with Crippen molar-refractivity contribution in [1.82, 2.24) is 18.8 Å². The molecule has 0 bridgehead atoms. The van der Waals surface area contributed by atoms with Crippen LogP contribution < -0.4 is 10.3 Å². The third-order valence-electron chi connectivity index (χ3n) is 5.38. The molecule has 0 amide bonds. The summed E-state index contributed by atoms with van der Waals surface area (Å²) in [6, 6.07) is 19.7. The van der Waals surface area contributed by atoms with Crippen LogP contribution in [0.4, 0.5) is 0 Å². The molecule has 0 fully saturated rings. The highest BCUT2D eigenvalue weighted by Gasteiger charge is 2.18. The molecule has 0 radical (unpaired) electrons. The molecule has 10 heteroatoms. The number of esters is 1. The maximum Gasteiger partial charge on any atom is 0.308 e. The van der Waals surface area contributed by atoms with Gasteiger partial charge in [-0.1, -0.05) is 74.5 Å². The van der Waals surface area contributed by atoms with Crippen LogP contribution in [0.3, 0.4) is 0 Å². The van der Waals surface area contributed by atoms with Crippen molar-refractivity contribution >= 4 is 16.2 Å². The highest BCUT2D eigenvalue weighted by atomic mass is 32.2. The van der Waals surface area contributed by atoms with Gasteiger partial charge in [0.25, 0.3) is 15.8 Å². The molecule has 2 aromatic carbocycles. The average Bonchev–Trinajstić information content (AvgIpc) is 2.88. The van der Waals surface area contributed by atoms with Crippen LogP contribution in [-0.2, 0) is 19.7 Å².